The van der Waals surface area contributed by atoms with E-state index >= 15 is 0 Å². The second-order valence-corrected chi connectivity index (χ2v) is 4.13. The molecule has 0 amide bonds. The number of nitrogens with zero attached hydrogens (tertiary/aromatic N) is 2. The van der Waals surface area contributed by atoms with Crippen LogP contribution in [0.25, 0.3) is 11.5 Å². The summed E-state index contributed by atoms with van der Waals surface area (Å²) in [4.78, 5) is 3.91. The summed E-state index contributed by atoms with van der Waals surface area (Å²) in [5.74, 6) is 0.257. The number of aromatic nitrogens is 2. The summed E-state index contributed by atoms with van der Waals surface area (Å²) in [7, 11) is 0. The quantitative estimate of drug-likeness (QED) is 0.931. The molecular formula is C12H11F3N2O2. The van der Waals surface area contributed by atoms with E-state index in [4.69, 9.17) is 4.52 Å². The molecule has 0 aliphatic heterocycles. The fraction of sp³-hybridized carbons (Fsp3) is 0.333. The SMILES string of the molecule is Cc1cc(O)ccc1-c1nc(CCC(F)(F)F)no1. The number of rotatable bonds is 3. The number of phenols is 1. The van der Waals surface area contributed by atoms with Gasteiger partial charge in [0.2, 0.25) is 0 Å². The summed E-state index contributed by atoms with van der Waals surface area (Å²) in [5, 5.41) is 12.8. The highest BCUT2D eigenvalue weighted by Crippen LogP contribution is 2.26. The van der Waals surface area contributed by atoms with E-state index in [0.29, 0.717) is 11.1 Å². The average molecular weight is 272 g/mol. The van der Waals surface area contributed by atoms with Crippen molar-refractivity contribution in [3.05, 3.63) is 29.6 Å². The van der Waals surface area contributed by atoms with Crippen LogP contribution in [0.3, 0.4) is 0 Å². The lowest BCUT2D eigenvalue weighted by Gasteiger charge is -2.02. The van der Waals surface area contributed by atoms with Gasteiger partial charge in [-0.15, -0.1) is 0 Å². The zero-order valence-electron chi connectivity index (χ0n) is 10.0. The van der Waals surface area contributed by atoms with Gasteiger partial charge in [-0.25, -0.2) is 0 Å². The van der Waals surface area contributed by atoms with E-state index in [1.165, 1.54) is 12.1 Å². The van der Waals surface area contributed by atoms with Crippen molar-refractivity contribution in [2.75, 3.05) is 0 Å². The highest BCUT2D eigenvalue weighted by molar-refractivity contribution is 5.59. The summed E-state index contributed by atoms with van der Waals surface area (Å²) in [6, 6.07) is 4.53. The minimum atomic E-state index is -4.24. The molecule has 1 aromatic heterocycles. The van der Waals surface area contributed by atoms with Crippen molar-refractivity contribution < 1.29 is 22.8 Å². The summed E-state index contributed by atoms with van der Waals surface area (Å²) in [6.07, 6.45) is -5.54. The zero-order valence-corrected chi connectivity index (χ0v) is 10.0. The molecule has 102 valence electrons. The Morgan fingerprint density at radius 3 is 2.68 bits per heavy atom. The topological polar surface area (TPSA) is 59.2 Å². The lowest BCUT2D eigenvalue weighted by molar-refractivity contribution is -0.134. The fourth-order valence-corrected chi connectivity index (χ4v) is 1.61. The number of aryl methyl sites for hydroxylation is 2. The van der Waals surface area contributed by atoms with Gasteiger partial charge in [-0.3, -0.25) is 0 Å². The predicted octanol–water partition coefficient (Wildman–Crippen LogP) is 3.25. The van der Waals surface area contributed by atoms with Crippen LogP contribution in [0.5, 0.6) is 5.75 Å². The summed E-state index contributed by atoms with van der Waals surface area (Å²) in [6.45, 7) is 1.73. The van der Waals surface area contributed by atoms with Gasteiger partial charge in [-0.1, -0.05) is 5.16 Å². The maximum absolute atomic E-state index is 12.1. The van der Waals surface area contributed by atoms with Crippen LogP contribution >= 0.6 is 0 Å². The third kappa shape index (κ3) is 3.46. The highest BCUT2D eigenvalue weighted by atomic mass is 19.4. The van der Waals surface area contributed by atoms with Crippen LogP contribution in [0.15, 0.2) is 22.7 Å². The number of aromatic hydroxyl groups is 1. The molecule has 2 aromatic rings. The lowest BCUT2D eigenvalue weighted by atomic mass is 10.1. The van der Waals surface area contributed by atoms with E-state index in [0.717, 1.165) is 0 Å². The van der Waals surface area contributed by atoms with E-state index in [-0.39, 0.29) is 23.9 Å². The molecule has 0 unspecified atom stereocenters. The molecule has 1 N–H and O–H groups in total. The first kappa shape index (κ1) is 13.4. The van der Waals surface area contributed by atoms with Crippen molar-refractivity contribution in [1.29, 1.82) is 0 Å². The first-order valence-electron chi connectivity index (χ1n) is 5.54. The molecule has 0 saturated heterocycles. The molecule has 0 atom stereocenters. The molecule has 1 aromatic carbocycles. The number of alkyl halides is 3. The Morgan fingerprint density at radius 1 is 1.32 bits per heavy atom. The van der Waals surface area contributed by atoms with E-state index in [9.17, 15) is 18.3 Å². The molecule has 0 bridgehead atoms. The minimum Gasteiger partial charge on any atom is -0.508 e. The van der Waals surface area contributed by atoms with Crippen LogP contribution in [0.1, 0.15) is 17.8 Å². The van der Waals surface area contributed by atoms with Crippen molar-refractivity contribution >= 4 is 0 Å². The number of hydrogen-bond acceptors (Lipinski definition) is 4. The second-order valence-electron chi connectivity index (χ2n) is 4.13. The van der Waals surface area contributed by atoms with Crippen molar-refractivity contribution in [3.8, 4) is 17.2 Å². The van der Waals surface area contributed by atoms with Crippen molar-refractivity contribution in [2.45, 2.75) is 25.9 Å². The first-order chi connectivity index (χ1) is 8.85. The Hall–Kier alpha value is -2.05. The molecular weight excluding hydrogens is 261 g/mol. The first-order valence-corrected chi connectivity index (χ1v) is 5.54. The molecule has 4 nitrogen and oxygen atoms in total. The normalized spacial score (nSPS) is 11.8. The van der Waals surface area contributed by atoms with Crippen molar-refractivity contribution in [1.82, 2.24) is 10.1 Å². The maximum atomic E-state index is 12.1. The van der Waals surface area contributed by atoms with Crippen LogP contribution in [0.4, 0.5) is 13.2 Å². The van der Waals surface area contributed by atoms with Gasteiger partial charge in [0.25, 0.3) is 5.89 Å². The molecule has 0 spiro atoms. The molecule has 0 aliphatic carbocycles. The highest BCUT2D eigenvalue weighted by Gasteiger charge is 2.27. The Balaban J connectivity index is 2.16. The smallest absolute Gasteiger partial charge is 0.389 e. The fourth-order valence-electron chi connectivity index (χ4n) is 1.61. The summed E-state index contributed by atoms with van der Waals surface area (Å²) < 4.78 is 41.1. The van der Waals surface area contributed by atoms with Crippen molar-refractivity contribution in [3.63, 3.8) is 0 Å². The monoisotopic (exact) mass is 272 g/mol. The molecule has 0 saturated carbocycles. The Morgan fingerprint density at radius 2 is 2.05 bits per heavy atom. The number of hydrogen-bond donors (Lipinski definition) is 1. The van der Waals surface area contributed by atoms with Crippen LogP contribution < -0.4 is 0 Å². The van der Waals surface area contributed by atoms with E-state index in [2.05, 4.69) is 10.1 Å². The van der Waals surface area contributed by atoms with E-state index < -0.39 is 12.6 Å². The number of halogens is 3. The molecule has 0 fully saturated rings. The third-order valence-corrected chi connectivity index (χ3v) is 2.54. The minimum absolute atomic E-state index is 0.0137. The Kier molecular flexibility index (Phi) is 3.46. The van der Waals surface area contributed by atoms with E-state index in [1.807, 2.05) is 0 Å². The average Bonchev–Trinajstić information content (AvgIpc) is 2.74. The van der Waals surface area contributed by atoms with Gasteiger partial charge < -0.3 is 9.63 Å². The molecule has 2 rings (SSSR count). The molecule has 19 heavy (non-hydrogen) atoms. The van der Waals surface area contributed by atoms with Gasteiger partial charge in [0, 0.05) is 12.0 Å². The molecule has 1 heterocycles. The van der Waals surface area contributed by atoms with Gasteiger partial charge >= 0.3 is 6.18 Å². The van der Waals surface area contributed by atoms with Gasteiger partial charge in [-0.05, 0) is 30.7 Å². The molecule has 0 aliphatic rings. The Labute approximate surface area is 106 Å². The molecule has 7 heteroatoms. The van der Waals surface area contributed by atoms with E-state index in [1.54, 1.807) is 13.0 Å². The van der Waals surface area contributed by atoms with Crippen LogP contribution in [0.2, 0.25) is 0 Å². The van der Waals surface area contributed by atoms with Gasteiger partial charge in [0.05, 0.1) is 6.42 Å². The molecule has 0 radical (unpaired) electrons. The summed E-state index contributed by atoms with van der Waals surface area (Å²) in [5.41, 5.74) is 1.29. The zero-order chi connectivity index (χ0) is 14.0. The van der Waals surface area contributed by atoms with Crippen LogP contribution in [-0.2, 0) is 6.42 Å². The van der Waals surface area contributed by atoms with Gasteiger partial charge in [0.1, 0.15) is 5.75 Å². The standard InChI is InChI=1S/C12H11F3N2O2/c1-7-6-8(18)2-3-9(7)11-16-10(17-19-11)4-5-12(13,14)15/h2-3,6,18H,4-5H2,1H3. The lowest BCUT2D eigenvalue weighted by Crippen LogP contribution is -2.09. The predicted molar refractivity (Wildman–Crippen MR) is 60.5 cm³/mol. The van der Waals surface area contributed by atoms with Crippen LogP contribution in [-0.4, -0.2) is 21.4 Å². The third-order valence-electron chi connectivity index (χ3n) is 2.54. The number of phenolic OH excluding ortho intramolecular Hbond substituents is 1. The largest absolute Gasteiger partial charge is 0.508 e. The van der Waals surface area contributed by atoms with Gasteiger partial charge in [-0.2, -0.15) is 18.2 Å². The van der Waals surface area contributed by atoms with Gasteiger partial charge in [0.15, 0.2) is 5.82 Å². The second kappa shape index (κ2) is 4.91. The Bertz CT molecular complexity index is 579. The summed E-state index contributed by atoms with van der Waals surface area (Å²) >= 11 is 0. The van der Waals surface area contributed by atoms with Crippen molar-refractivity contribution in [2.24, 2.45) is 0 Å². The van der Waals surface area contributed by atoms with Crippen LogP contribution in [0, 0.1) is 6.92 Å². The maximum Gasteiger partial charge on any atom is 0.389 e. The number of benzene rings is 1.